The molecule has 2 aromatic carbocycles. The number of amides is 2. The van der Waals surface area contributed by atoms with Crippen molar-refractivity contribution in [1.82, 2.24) is 20.1 Å². The second kappa shape index (κ2) is 8.66. The van der Waals surface area contributed by atoms with Crippen LogP contribution in [0, 0.1) is 5.82 Å². The Kier molecular flexibility index (Phi) is 5.62. The molecule has 2 N–H and O–H groups in total. The zero-order chi connectivity index (χ0) is 20.9. The van der Waals surface area contributed by atoms with Gasteiger partial charge in [0.15, 0.2) is 0 Å². The first-order chi connectivity index (χ1) is 14.6. The van der Waals surface area contributed by atoms with Gasteiger partial charge < -0.3 is 10.6 Å². The molecule has 0 bridgehead atoms. The zero-order valence-corrected chi connectivity index (χ0v) is 16.4. The van der Waals surface area contributed by atoms with E-state index in [9.17, 15) is 14.0 Å². The summed E-state index contributed by atoms with van der Waals surface area (Å²) in [6, 6.07) is 16.7. The first kappa shape index (κ1) is 19.5. The van der Waals surface area contributed by atoms with E-state index in [0.29, 0.717) is 21.0 Å². The van der Waals surface area contributed by atoms with Crippen LogP contribution in [0.25, 0.3) is 16.1 Å². The predicted octanol–water partition coefficient (Wildman–Crippen LogP) is 3.50. The van der Waals surface area contributed by atoms with Crippen molar-refractivity contribution in [1.29, 1.82) is 0 Å². The van der Waals surface area contributed by atoms with Crippen LogP contribution >= 0.6 is 11.3 Å². The van der Waals surface area contributed by atoms with E-state index in [1.165, 1.54) is 23.7 Å². The van der Waals surface area contributed by atoms with E-state index in [1.807, 2.05) is 0 Å². The number of nitrogens with zero attached hydrogens (tertiary/aromatic N) is 3. The highest BCUT2D eigenvalue weighted by Crippen LogP contribution is 2.29. The number of thiophene rings is 1. The number of carbonyl (C=O) groups excluding carboxylic acids is 2. The zero-order valence-electron chi connectivity index (χ0n) is 15.6. The van der Waals surface area contributed by atoms with Crippen molar-refractivity contribution in [2.75, 3.05) is 11.9 Å². The largest absolute Gasteiger partial charge is 0.342 e. The summed E-state index contributed by atoms with van der Waals surface area (Å²) in [6.07, 6.45) is 3.01. The minimum atomic E-state index is -0.390. The maximum Gasteiger partial charge on any atom is 0.261 e. The van der Waals surface area contributed by atoms with Gasteiger partial charge in [-0.3, -0.25) is 9.59 Å². The van der Waals surface area contributed by atoms with Crippen LogP contribution in [0.3, 0.4) is 0 Å². The van der Waals surface area contributed by atoms with Crippen LogP contribution in [-0.4, -0.2) is 33.1 Å². The normalized spacial score (nSPS) is 10.6. The molecule has 30 heavy (non-hydrogen) atoms. The van der Waals surface area contributed by atoms with Crippen molar-refractivity contribution < 1.29 is 14.0 Å². The number of nitrogens with one attached hydrogen (secondary N) is 2. The van der Waals surface area contributed by atoms with Crippen molar-refractivity contribution in [3.05, 3.63) is 84.0 Å². The van der Waals surface area contributed by atoms with Crippen LogP contribution < -0.4 is 10.6 Å². The number of anilines is 1. The molecule has 0 spiro atoms. The molecule has 0 saturated carbocycles. The summed E-state index contributed by atoms with van der Waals surface area (Å²) in [5.74, 6) is -1.09. The number of rotatable bonds is 6. The second-order valence-corrected chi connectivity index (χ2v) is 7.35. The van der Waals surface area contributed by atoms with Crippen LogP contribution in [0.4, 0.5) is 10.1 Å². The van der Waals surface area contributed by atoms with Gasteiger partial charge in [0.1, 0.15) is 18.5 Å². The van der Waals surface area contributed by atoms with Crippen LogP contribution in [0.2, 0.25) is 0 Å². The Balaban J connectivity index is 1.32. The third-order valence-corrected chi connectivity index (χ3v) is 5.33. The molecule has 7 nitrogen and oxygen atoms in total. The van der Waals surface area contributed by atoms with Crippen LogP contribution in [-0.2, 0) is 4.79 Å². The highest BCUT2D eigenvalue weighted by atomic mass is 32.1. The maximum atomic E-state index is 13.9. The van der Waals surface area contributed by atoms with Gasteiger partial charge in [-0.1, -0.05) is 18.2 Å². The van der Waals surface area contributed by atoms with Crippen molar-refractivity contribution in [2.24, 2.45) is 0 Å². The molecule has 0 unspecified atom stereocenters. The first-order valence-corrected chi connectivity index (χ1v) is 9.79. The summed E-state index contributed by atoms with van der Waals surface area (Å²) in [5.41, 5.74) is 1.84. The third kappa shape index (κ3) is 4.41. The van der Waals surface area contributed by atoms with Crippen LogP contribution in [0.15, 0.2) is 73.3 Å². The second-order valence-electron chi connectivity index (χ2n) is 6.26. The van der Waals surface area contributed by atoms with Crippen LogP contribution in [0.1, 0.15) is 9.67 Å². The molecule has 0 atom stereocenters. The van der Waals surface area contributed by atoms with E-state index in [-0.39, 0.29) is 24.2 Å². The molecular formula is C21H16FN5O2S. The number of carbonyl (C=O) groups is 2. The van der Waals surface area contributed by atoms with Crippen LogP contribution in [0.5, 0.6) is 0 Å². The van der Waals surface area contributed by atoms with E-state index in [2.05, 4.69) is 20.7 Å². The fourth-order valence-electron chi connectivity index (χ4n) is 2.76. The number of aromatic nitrogens is 3. The summed E-state index contributed by atoms with van der Waals surface area (Å²) in [6.45, 7) is -0.184. The molecule has 150 valence electrons. The highest BCUT2D eigenvalue weighted by molar-refractivity contribution is 7.17. The third-order valence-electron chi connectivity index (χ3n) is 4.21. The molecule has 0 saturated heterocycles. The average molecular weight is 421 g/mol. The van der Waals surface area contributed by atoms with Crippen molar-refractivity contribution in [2.45, 2.75) is 0 Å². The monoisotopic (exact) mass is 421 g/mol. The molecule has 2 aromatic heterocycles. The van der Waals surface area contributed by atoms with Gasteiger partial charge in [-0.2, -0.15) is 5.10 Å². The maximum absolute atomic E-state index is 13.9. The lowest BCUT2D eigenvalue weighted by atomic mass is 10.2. The van der Waals surface area contributed by atoms with Gasteiger partial charge in [0.05, 0.1) is 17.1 Å². The first-order valence-electron chi connectivity index (χ1n) is 8.98. The summed E-state index contributed by atoms with van der Waals surface area (Å²) in [7, 11) is 0. The predicted molar refractivity (Wildman–Crippen MR) is 112 cm³/mol. The van der Waals surface area contributed by atoms with E-state index in [4.69, 9.17) is 0 Å². The highest BCUT2D eigenvalue weighted by Gasteiger charge is 2.13. The van der Waals surface area contributed by atoms with Crippen molar-refractivity contribution in [3.8, 4) is 16.1 Å². The molecule has 0 fully saturated rings. The summed E-state index contributed by atoms with van der Waals surface area (Å²) >= 11 is 1.17. The van der Waals surface area contributed by atoms with E-state index in [1.54, 1.807) is 65.6 Å². The van der Waals surface area contributed by atoms with Gasteiger partial charge in [0.25, 0.3) is 5.91 Å². The Bertz CT molecular complexity index is 1170. The summed E-state index contributed by atoms with van der Waals surface area (Å²) < 4.78 is 15.5. The van der Waals surface area contributed by atoms with Crippen molar-refractivity contribution >= 4 is 28.8 Å². The fourth-order valence-corrected chi connectivity index (χ4v) is 3.71. The van der Waals surface area contributed by atoms with Crippen molar-refractivity contribution in [3.63, 3.8) is 0 Å². The molecule has 2 heterocycles. The van der Waals surface area contributed by atoms with Gasteiger partial charge in [0, 0.05) is 16.1 Å². The molecule has 2 amide bonds. The molecule has 4 rings (SSSR count). The minimum absolute atomic E-state index is 0.184. The average Bonchev–Trinajstić information content (AvgIpc) is 3.45. The Hall–Kier alpha value is -3.85. The summed E-state index contributed by atoms with van der Waals surface area (Å²) in [4.78, 5) is 29.4. The van der Waals surface area contributed by atoms with Gasteiger partial charge in [-0.15, -0.1) is 11.3 Å². The molecular weight excluding hydrogens is 405 g/mol. The Morgan fingerprint density at radius 1 is 1.03 bits per heavy atom. The molecule has 0 radical (unpaired) electrons. The van der Waals surface area contributed by atoms with Gasteiger partial charge in [-0.25, -0.2) is 14.1 Å². The molecule has 0 aliphatic heterocycles. The number of halogens is 1. The molecule has 9 heteroatoms. The van der Waals surface area contributed by atoms with E-state index in [0.717, 1.165) is 5.69 Å². The number of hydrogen-bond acceptors (Lipinski definition) is 5. The Morgan fingerprint density at radius 2 is 1.83 bits per heavy atom. The molecule has 0 aliphatic rings. The standard InChI is InChI=1S/C21H16FN5O2S/c22-17-4-2-1-3-16(17)18-9-10-19(30-18)21(29)24-11-20(28)26-14-5-7-15(8-6-14)27-13-23-12-25-27/h1-10,12-13H,11H2,(H,24,29)(H,26,28). The Labute approximate surface area is 175 Å². The number of benzene rings is 2. The number of hydrogen-bond donors (Lipinski definition) is 2. The van der Waals surface area contributed by atoms with Gasteiger partial charge in [0.2, 0.25) is 5.91 Å². The summed E-state index contributed by atoms with van der Waals surface area (Å²) in [5, 5.41) is 9.32. The lowest BCUT2D eigenvalue weighted by Crippen LogP contribution is -2.32. The molecule has 4 aromatic rings. The van der Waals surface area contributed by atoms with E-state index >= 15 is 0 Å². The smallest absolute Gasteiger partial charge is 0.261 e. The van der Waals surface area contributed by atoms with E-state index < -0.39 is 0 Å². The fraction of sp³-hybridized carbons (Fsp3) is 0.0476. The quantitative estimate of drug-likeness (QED) is 0.499. The lowest BCUT2D eigenvalue weighted by Gasteiger charge is -2.07. The minimum Gasteiger partial charge on any atom is -0.342 e. The SMILES string of the molecule is O=C(CNC(=O)c1ccc(-c2ccccc2F)s1)Nc1ccc(-n2cncn2)cc1. The van der Waals surface area contributed by atoms with Gasteiger partial charge >= 0.3 is 0 Å². The molecule has 0 aliphatic carbocycles. The topological polar surface area (TPSA) is 88.9 Å². The lowest BCUT2D eigenvalue weighted by molar-refractivity contribution is -0.115. The Morgan fingerprint density at radius 3 is 2.57 bits per heavy atom. The van der Waals surface area contributed by atoms with Gasteiger partial charge in [-0.05, 0) is 42.5 Å².